The van der Waals surface area contributed by atoms with Gasteiger partial charge in [-0.3, -0.25) is 0 Å². The SMILES string of the molecule is N#Cc1ccc(CNCc2ccc(C#N)o2)cc1. The van der Waals surface area contributed by atoms with Crippen LogP contribution in [-0.4, -0.2) is 0 Å². The van der Waals surface area contributed by atoms with E-state index in [1.165, 1.54) is 0 Å². The van der Waals surface area contributed by atoms with E-state index in [1.54, 1.807) is 24.3 Å². The molecule has 0 aliphatic rings. The average molecular weight is 237 g/mol. The number of furan rings is 1. The maximum atomic E-state index is 8.67. The molecule has 1 N–H and O–H groups in total. The van der Waals surface area contributed by atoms with Gasteiger partial charge in [0, 0.05) is 6.54 Å². The van der Waals surface area contributed by atoms with Gasteiger partial charge >= 0.3 is 0 Å². The zero-order valence-corrected chi connectivity index (χ0v) is 9.68. The first kappa shape index (κ1) is 11.9. The Morgan fingerprint density at radius 2 is 1.72 bits per heavy atom. The van der Waals surface area contributed by atoms with E-state index in [-0.39, 0.29) is 0 Å². The summed E-state index contributed by atoms with van der Waals surface area (Å²) < 4.78 is 5.24. The van der Waals surface area contributed by atoms with Crippen LogP contribution in [0.4, 0.5) is 0 Å². The molecule has 0 aliphatic heterocycles. The van der Waals surface area contributed by atoms with Crippen LogP contribution in [0, 0.1) is 22.7 Å². The van der Waals surface area contributed by atoms with Crippen molar-refractivity contribution in [3.63, 3.8) is 0 Å². The highest BCUT2D eigenvalue weighted by molar-refractivity contribution is 5.31. The molecular formula is C14H11N3O. The zero-order valence-electron chi connectivity index (χ0n) is 9.68. The average Bonchev–Trinajstić information content (AvgIpc) is 2.87. The molecular weight excluding hydrogens is 226 g/mol. The highest BCUT2D eigenvalue weighted by Gasteiger charge is 2.00. The number of benzene rings is 1. The van der Waals surface area contributed by atoms with Crippen molar-refractivity contribution >= 4 is 0 Å². The van der Waals surface area contributed by atoms with Gasteiger partial charge in [-0.2, -0.15) is 10.5 Å². The lowest BCUT2D eigenvalue weighted by Gasteiger charge is -2.02. The van der Waals surface area contributed by atoms with E-state index in [9.17, 15) is 0 Å². The fourth-order valence-corrected chi connectivity index (χ4v) is 1.56. The summed E-state index contributed by atoms with van der Waals surface area (Å²) in [5.74, 6) is 1.06. The number of hydrogen-bond acceptors (Lipinski definition) is 4. The van der Waals surface area contributed by atoms with Crippen LogP contribution in [0.15, 0.2) is 40.8 Å². The van der Waals surface area contributed by atoms with Crippen molar-refractivity contribution in [1.29, 1.82) is 10.5 Å². The Kier molecular flexibility index (Phi) is 3.76. The molecule has 0 saturated carbocycles. The second-order valence-electron chi connectivity index (χ2n) is 3.79. The van der Waals surface area contributed by atoms with Crippen LogP contribution >= 0.6 is 0 Å². The summed E-state index contributed by atoms with van der Waals surface area (Å²) in [5.41, 5.74) is 1.75. The molecule has 1 heterocycles. The maximum absolute atomic E-state index is 8.67. The number of hydrogen-bond donors (Lipinski definition) is 1. The fraction of sp³-hybridized carbons (Fsp3) is 0.143. The molecule has 4 heteroatoms. The van der Waals surface area contributed by atoms with Gasteiger partial charge in [0.25, 0.3) is 0 Å². The first-order valence-corrected chi connectivity index (χ1v) is 5.50. The first-order chi connectivity index (χ1) is 8.81. The van der Waals surface area contributed by atoms with Crippen LogP contribution in [0.1, 0.15) is 22.6 Å². The van der Waals surface area contributed by atoms with Gasteiger partial charge < -0.3 is 9.73 Å². The molecule has 0 saturated heterocycles. The van der Waals surface area contributed by atoms with Crippen LogP contribution in [0.25, 0.3) is 0 Å². The molecule has 0 atom stereocenters. The van der Waals surface area contributed by atoms with Crippen molar-refractivity contribution < 1.29 is 4.42 Å². The van der Waals surface area contributed by atoms with E-state index >= 15 is 0 Å². The maximum Gasteiger partial charge on any atom is 0.203 e. The molecule has 0 bridgehead atoms. The van der Waals surface area contributed by atoms with E-state index in [0.29, 0.717) is 24.4 Å². The third-order valence-corrected chi connectivity index (χ3v) is 2.48. The van der Waals surface area contributed by atoms with Crippen molar-refractivity contribution in [2.24, 2.45) is 0 Å². The Labute approximate surface area is 105 Å². The lowest BCUT2D eigenvalue weighted by Crippen LogP contribution is -2.11. The molecule has 2 rings (SSSR count). The number of nitrogens with one attached hydrogen (secondary N) is 1. The van der Waals surface area contributed by atoms with Crippen molar-refractivity contribution in [2.45, 2.75) is 13.1 Å². The van der Waals surface area contributed by atoms with Crippen LogP contribution in [-0.2, 0) is 13.1 Å². The summed E-state index contributed by atoms with van der Waals surface area (Å²) in [6.07, 6.45) is 0. The molecule has 2 aromatic rings. The summed E-state index contributed by atoms with van der Waals surface area (Å²) in [6, 6.07) is 14.9. The summed E-state index contributed by atoms with van der Waals surface area (Å²) in [6.45, 7) is 1.26. The van der Waals surface area contributed by atoms with Gasteiger partial charge in [0.05, 0.1) is 18.2 Å². The minimum absolute atomic E-state index is 0.324. The van der Waals surface area contributed by atoms with Gasteiger partial charge in [0.1, 0.15) is 11.8 Å². The molecule has 0 unspecified atom stereocenters. The number of nitrogens with zero attached hydrogens (tertiary/aromatic N) is 2. The molecule has 1 aromatic carbocycles. The zero-order chi connectivity index (χ0) is 12.8. The van der Waals surface area contributed by atoms with Crippen molar-refractivity contribution in [3.05, 3.63) is 59.0 Å². The predicted octanol–water partition coefficient (Wildman–Crippen LogP) is 2.31. The lowest BCUT2D eigenvalue weighted by atomic mass is 10.1. The minimum atomic E-state index is 0.324. The second kappa shape index (κ2) is 5.67. The minimum Gasteiger partial charge on any atom is -0.449 e. The van der Waals surface area contributed by atoms with E-state index in [1.807, 2.05) is 18.2 Å². The normalized spacial score (nSPS) is 9.67. The summed E-state index contributed by atoms with van der Waals surface area (Å²) in [7, 11) is 0. The van der Waals surface area contributed by atoms with Gasteiger partial charge in [-0.15, -0.1) is 0 Å². The van der Waals surface area contributed by atoms with Gasteiger partial charge in [-0.25, -0.2) is 0 Å². The Hall–Kier alpha value is -2.56. The van der Waals surface area contributed by atoms with Crippen molar-refractivity contribution in [2.75, 3.05) is 0 Å². The molecule has 0 aliphatic carbocycles. The number of nitriles is 2. The molecule has 4 nitrogen and oxygen atoms in total. The van der Waals surface area contributed by atoms with E-state index in [0.717, 1.165) is 11.3 Å². The first-order valence-electron chi connectivity index (χ1n) is 5.50. The molecule has 0 spiro atoms. The smallest absolute Gasteiger partial charge is 0.203 e. The van der Waals surface area contributed by atoms with Crippen molar-refractivity contribution in [3.8, 4) is 12.1 Å². The Bertz CT molecular complexity index is 599. The van der Waals surface area contributed by atoms with Crippen LogP contribution in [0.3, 0.4) is 0 Å². The van der Waals surface area contributed by atoms with Crippen LogP contribution in [0.2, 0.25) is 0 Å². The lowest BCUT2D eigenvalue weighted by molar-refractivity contribution is 0.474. The molecule has 1 aromatic heterocycles. The van der Waals surface area contributed by atoms with Crippen LogP contribution < -0.4 is 5.32 Å². The predicted molar refractivity (Wildman–Crippen MR) is 65.1 cm³/mol. The molecule has 88 valence electrons. The molecule has 0 amide bonds. The highest BCUT2D eigenvalue weighted by atomic mass is 16.3. The fourth-order valence-electron chi connectivity index (χ4n) is 1.56. The summed E-state index contributed by atoms with van der Waals surface area (Å²) in [5, 5.41) is 20.5. The summed E-state index contributed by atoms with van der Waals surface area (Å²) >= 11 is 0. The van der Waals surface area contributed by atoms with Crippen molar-refractivity contribution in [1.82, 2.24) is 5.32 Å². The largest absolute Gasteiger partial charge is 0.449 e. The standard InChI is InChI=1S/C14H11N3O/c15-7-11-1-3-12(4-2-11)9-17-10-14-6-5-13(8-16)18-14/h1-6,17H,9-10H2. The Morgan fingerprint density at radius 1 is 0.944 bits per heavy atom. The van der Waals surface area contributed by atoms with E-state index < -0.39 is 0 Å². The third-order valence-electron chi connectivity index (χ3n) is 2.48. The second-order valence-corrected chi connectivity index (χ2v) is 3.79. The quantitative estimate of drug-likeness (QED) is 0.885. The molecule has 0 fully saturated rings. The Balaban J connectivity index is 1.85. The number of rotatable bonds is 4. The summed E-state index contributed by atoms with van der Waals surface area (Å²) in [4.78, 5) is 0. The molecule has 18 heavy (non-hydrogen) atoms. The topological polar surface area (TPSA) is 72.8 Å². The Morgan fingerprint density at radius 3 is 2.33 bits per heavy atom. The van der Waals surface area contributed by atoms with Gasteiger partial charge in [-0.05, 0) is 29.8 Å². The van der Waals surface area contributed by atoms with Gasteiger partial charge in [0.2, 0.25) is 5.76 Å². The molecule has 0 radical (unpaired) electrons. The van der Waals surface area contributed by atoms with E-state index in [4.69, 9.17) is 14.9 Å². The van der Waals surface area contributed by atoms with Crippen LogP contribution in [0.5, 0.6) is 0 Å². The van der Waals surface area contributed by atoms with E-state index in [2.05, 4.69) is 11.4 Å². The monoisotopic (exact) mass is 237 g/mol. The highest BCUT2D eigenvalue weighted by Crippen LogP contribution is 2.07. The third kappa shape index (κ3) is 2.98. The van der Waals surface area contributed by atoms with Gasteiger partial charge in [-0.1, -0.05) is 12.1 Å². The van der Waals surface area contributed by atoms with Gasteiger partial charge in [0.15, 0.2) is 0 Å².